The van der Waals surface area contributed by atoms with Gasteiger partial charge in [-0.15, -0.1) is 0 Å². The quantitative estimate of drug-likeness (QED) is 0.923. The van der Waals surface area contributed by atoms with Crippen molar-refractivity contribution in [3.8, 4) is 5.75 Å². The van der Waals surface area contributed by atoms with Gasteiger partial charge in [-0.25, -0.2) is 0 Å². The molecule has 2 aromatic carbocycles. The van der Waals surface area contributed by atoms with Gasteiger partial charge in [-0.1, -0.05) is 42.5 Å². The zero-order valence-corrected chi connectivity index (χ0v) is 12.3. The standard InChI is InChI=1S/C18H19NO3/c20-12-15-10-18(21)19(11-15)16-8-4-5-9-17(16)22-13-14-6-2-1-3-7-14/h1-9,15,20H,10-13H2. The molecule has 1 fully saturated rings. The summed E-state index contributed by atoms with van der Waals surface area (Å²) in [4.78, 5) is 13.8. The Labute approximate surface area is 130 Å². The Morgan fingerprint density at radius 1 is 1.09 bits per heavy atom. The molecule has 0 aromatic heterocycles. The number of aliphatic hydroxyl groups excluding tert-OH is 1. The number of carbonyl (C=O) groups excluding carboxylic acids is 1. The monoisotopic (exact) mass is 297 g/mol. The van der Waals surface area contributed by atoms with E-state index in [0.717, 1.165) is 11.3 Å². The lowest BCUT2D eigenvalue weighted by Gasteiger charge is -2.20. The number of carbonyl (C=O) groups is 1. The van der Waals surface area contributed by atoms with E-state index in [2.05, 4.69) is 0 Å². The van der Waals surface area contributed by atoms with Gasteiger partial charge in [0, 0.05) is 25.5 Å². The number of anilines is 1. The van der Waals surface area contributed by atoms with Gasteiger partial charge in [0.2, 0.25) is 5.91 Å². The van der Waals surface area contributed by atoms with Gasteiger partial charge in [0.25, 0.3) is 0 Å². The molecule has 4 nitrogen and oxygen atoms in total. The smallest absolute Gasteiger partial charge is 0.227 e. The topological polar surface area (TPSA) is 49.8 Å². The van der Waals surface area contributed by atoms with E-state index in [-0.39, 0.29) is 18.4 Å². The van der Waals surface area contributed by atoms with E-state index in [1.54, 1.807) is 4.90 Å². The minimum Gasteiger partial charge on any atom is -0.487 e. The van der Waals surface area contributed by atoms with Crippen LogP contribution in [0.3, 0.4) is 0 Å². The number of rotatable bonds is 5. The predicted molar refractivity (Wildman–Crippen MR) is 84.8 cm³/mol. The van der Waals surface area contributed by atoms with E-state index >= 15 is 0 Å². The van der Waals surface area contributed by atoms with E-state index in [4.69, 9.17) is 4.74 Å². The van der Waals surface area contributed by atoms with Gasteiger partial charge in [-0.3, -0.25) is 4.79 Å². The number of para-hydroxylation sites is 2. The Morgan fingerprint density at radius 3 is 2.55 bits per heavy atom. The van der Waals surface area contributed by atoms with E-state index in [9.17, 15) is 9.90 Å². The molecule has 4 heteroatoms. The molecule has 1 atom stereocenters. The molecule has 0 saturated carbocycles. The van der Waals surface area contributed by atoms with Crippen LogP contribution in [0.2, 0.25) is 0 Å². The fraction of sp³-hybridized carbons (Fsp3) is 0.278. The zero-order valence-electron chi connectivity index (χ0n) is 12.3. The van der Waals surface area contributed by atoms with Crippen molar-refractivity contribution in [1.82, 2.24) is 0 Å². The molecular weight excluding hydrogens is 278 g/mol. The van der Waals surface area contributed by atoms with Gasteiger partial charge >= 0.3 is 0 Å². The number of nitrogens with zero attached hydrogens (tertiary/aromatic N) is 1. The summed E-state index contributed by atoms with van der Waals surface area (Å²) in [7, 11) is 0. The SMILES string of the molecule is O=C1CC(CO)CN1c1ccccc1OCc1ccccc1. The molecule has 0 aliphatic carbocycles. The number of benzene rings is 2. The summed E-state index contributed by atoms with van der Waals surface area (Å²) in [6.45, 7) is 1.04. The highest BCUT2D eigenvalue weighted by Crippen LogP contribution is 2.33. The third-order valence-electron chi connectivity index (χ3n) is 3.86. The summed E-state index contributed by atoms with van der Waals surface area (Å²) < 4.78 is 5.90. The summed E-state index contributed by atoms with van der Waals surface area (Å²) in [6, 6.07) is 17.5. The molecule has 1 aliphatic rings. The maximum absolute atomic E-state index is 12.1. The fourth-order valence-corrected chi connectivity index (χ4v) is 2.67. The third kappa shape index (κ3) is 3.12. The largest absolute Gasteiger partial charge is 0.487 e. The van der Waals surface area contributed by atoms with Gasteiger partial charge < -0.3 is 14.7 Å². The van der Waals surface area contributed by atoms with Crippen molar-refractivity contribution in [3.05, 3.63) is 60.2 Å². The van der Waals surface area contributed by atoms with Gasteiger partial charge in [-0.2, -0.15) is 0 Å². The average Bonchev–Trinajstić information content (AvgIpc) is 2.95. The number of aliphatic hydroxyl groups is 1. The number of hydrogen-bond acceptors (Lipinski definition) is 3. The molecule has 22 heavy (non-hydrogen) atoms. The van der Waals surface area contributed by atoms with Crippen LogP contribution in [0.1, 0.15) is 12.0 Å². The summed E-state index contributed by atoms with van der Waals surface area (Å²) in [5.74, 6) is 0.739. The zero-order chi connectivity index (χ0) is 15.4. The van der Waals surface area contributed by atoms with Crippen molar-refractivity contribution in [2.24, 2.45) is 5.92 Å². The molecule has 114 valence electrons. The molecule has 1 amide bonds. The molecule has 2 aromatic rings. The molecule has 3 rings (SSSR count). The van der Waals surface area contributed by atoms with Crippen LogP contribution >= 0.6 is 0 Å². The van der Waals surface area contributed by atoms with Crippen LogP contribution < -0.4 is 9.64 Å². The highest BCUT2D eigenvalue weighted by molar-refractivity contribution is 5.97. The molecule has 1 saturated heterocycles. The lowest BCUT2D eigenvalue weighted by atomic mass is 10.1. The first-order valence-electron chi connectivity index (χ1n) is 7.45. The molecule has 1 heterocycles. The van der Waals surface area contributed by atoms with E-state index in [1.807, 2.05) is 54.6 Å². The predicted octanol–water partition coefficient (Wildman–Crippen LogP) is 2.61. The fourth-order valence-electron chi connectivity index (χ4n) is 2.67. The van der Waals surface area contributed by atoms with Crippen LogP contribution in [-0.4, -0.2) is 24.2 Å². The molecule has 0 radical (unpaired) electrons. The Kier molecular flexibility index (Phi) is 4.39. The summed E-state index contributed by atoms with van der Waals surface area (Å²) in [6.07, 6.45) is 0.392. The van der Waals surface area contributed by atoms with Crippen molar-refractivity contribution in [1.29, 1.82) is 0 Å². The van der Waals surface area contributed by atoms with Crippen LogP contribution in [0.5, 0.6) is 5.75 Å². The maximum atomic E-state index is 12.1. The Morgan fingerprint density at radius 2 is 1.82 bits per heavy atom. The normalized spacial score (nSPS) is 17.8. The van der Waals surface area contributed by atoms with Gasteiger partial charge in [-0.05, 0) is 17.7 Å². The third-order valence-corrected chi connectivity index (χ3v) is 3.86. The maximum Gasteiger partial charge on any atom is 0.227 e. The Hall–Kier alpha value is -2.33. The first-order valence-corrected chi connectivity index (χ1v) is 7.45. The van der Waals surface area contributed by atoms with Crippen LogP contribution in [0, 0.1) is 5.92 Å². The molecule has 1 aliphatic heterocycles. The molecular formula is C18H19NO3. The van der Waals surface area contributed by atoms with Crippen LogP contribution in [0.15, 0.2) is 54.6 Å². The van der Waals surface area contributed by atoms with Crippen molar-refractivity contribution < 1.29 is 14.6 Å². The van der Waals surface area contributed by atoms with Crippen molar-refractivity contribution in [2.75, 3.05) is 18.1 Å². The van der Waals surface area contributed by atoms with E-state index < -0.39 is 0 Å². The molecule has 0 spiro atoms. The van der Waals surface area contributed by atoms with E-state index in [1.165, 1.54) is 0 Å². The lowest BCUT2D eigenvalue weighted by Crippen LogP contribution is -2.25. The highest BCUT2D eigenvalue weighted by atomic mass is 16.5. The summed E-state index contributed by atoms with van der Waals surface area (Å²) in [5, 5.41) is 9.26. The first-order chi connectivity index (χ1) is 10.8. The summed E-state index contributed by atoms with van der Waals surface area (Å²) >= 11 is 0. The van der Waals surface area contributed by atoms with Crippen LogP contribution in [0.4, 0.5) is 5.69 Å². The van der Waals surface area contributed by atoms with Crippen LogP contribution in [-0.2, 0) is 11.4 Å². The Balaban J connectivity index is 1.77. The van der Waals surface area contributed by atoms with Crippen molar-refractivity contribution in [2.45, 2.75) is 13.0 Å². The molecule has 1 N–H and O–H groups in total. The number of hydrogen-bond donors (Lipinski definition) is 1. The van der Waals surface area contributed by atoms with E-state index in [0.29, 0.717) is 25.3 Å². The van der Waals surface area contributed by atoms with Crippen molar-refractivity contribution in [3.63, 3.8) is 0 Å². The van der Waals surface area contributed by atoms with Crippen LogP contribution in [0.25, 0.3) is 0 Å². The Bertz CT molecular complexity index is 642. The average molecular weight is 297 g/mol. The second-order valence-electron chi connectivity index (χ2n) is 5.50. The summed E-state index contributed by atoms with van der Waals surface area (Å²) in [5.41, 5.74) is 1.86. The molecule has 0 bridgehead atoms. The van der Waals surface area contributed by atoms with Crippen molar-refractivity contribution >= 4 is 11.6 Å². The highest BCUT2D eigenvalue weighted by Gasteiger charge is 2.31. The van der Waals surface area contributed by atoms with Gasteiger partial charge in [0.15, 0.2) is 0 Å². The van der Waals surface area contributed by atoms with Gasteiger partial charge in [0.1, 0.15) is 12.4 Å². The number of amides is 1. The van der Waals surface area contributed by atoms with Gasteiger partial charge in [0.05, 0.1) is 5.69 Å². The second-order valence-corrected chi connectivity index (χ2v) is 5.50. The first kappa shape index (κ1) is 14.6. The molecule has 1 unspecified atom stereocenters. The second kappa shape index (κ2) is 6.62. The lowest BCUT2D eigenvalue weighted by molar-refractivity contribution is -0.117. The minimum absolute atomic E-state index is 0.00896. The number of ether oxygens (including phenoxy) is 1. The minimum atomic E-state index is 0.00896.